The van der Waals surface area contributed by atoms with Gasteiger partial charge in [0.2, 0.25) is 5.91 Å². The van der Waals surface area contributed by atoms with Crippen LogP contribution < -0.4 is 14.8 Å². The largest absolute Gasteiger partial charge is 0.486 e. The van der Waals surface area contributed by atoms with Gasteiger partial charge in [-0.15, -0.1) is 0 Å². The lowest BCUT2D eigenvalue weighted by Crippen LogP contribution is -2.33. The summed E-state index contributed by atoms with van der Waals surface area (Å²) in [4.78, 5) is 12.0. The standard InChI is InChI=1S/C16H14BrNO3/c17-11-5-7-12(8-6-11)18-16(19)9-13-10-20-14-3-1-2-4-15(14)21-13/h1-8,13H,9-10H2,(H,18,19)/t13-/m1/s1. The van der Waals surface area contributed by atoms with E-state index < -0.39 is 0 Å². The molecule has 2 aromatic carbocycles. The molecular formula is C16H14BrNO3. The summed E-state index contributed by atoms with van der Waals surface area (Å²) >= 11 is 3.36. The summed E-state index contributed by atoms with van der Waals surface area (Å²) in [6.07, 6.45) is -0.0138. The Bertz CT molecular complexity index is 642. The van der Waals surface area contributed by atoms with E-state index in [-0.39, 0.29) is 18.4 Å². The van der Waals surface area contributed by atoms with Gasteiger partial charge in [0.05, 0.1) is 6.42 Å². The maximum Gasteiger partial charge on any atom is 0.228 e. The number of nitrogens with one attached hydrogen (secondary N) is 1. The van der Waals surface area contributed by atoms with Gasteiger partial charge in [-0.2, -0.15) is 0 Å². The summed E-state index contributed by atoms with van der Waals surface area (Å²) in [5.41, 5.74) is 0.764. The zero-order valence-electron chi connectivity index (χ0n) is 11.2. The quantitative estimate of drug-likeness (QED) is 0.922. The van der Waals surface area contributed by atoms with Gasteiger partial charge in [0.1, 0.15) is 12.7 Å². The van der Waals surface area contributed by atoms with E-state index in [1.54, 1.807) is 0 Å². The van der Waals surface area contributed by atoms with Crippen molar-refractivity contribution in [1.82, 2.24) is 0 Å². The number of halogens is 1. The van der Waals surface area contributed by atoms with E-state index in [1.165, 1.54) is 0 Å². The van der Waals surface area contributed by atoms with Gasteiger partial charge >= 0.3 is 0 Å². The number of para-hydroxylation sites is 2. The van der Waals surface area contributed by atoms with Crippen LogP contribution in [0.25, 0.3) is 0 Å². The Morgan fingerprint density at radius 2 is 1.86 bits per heavy atom. The minimum absolute atomic E-state index is 0.0923. The fraction of sp³-hybridized carbons (Fsp3) is 0.188. The first kappa shape index (κ1) is 13.9. The average molecular weight is 348 g/mol. The smallest absolute Gasteiger partial charge is 0.228 e. The van der Waals surface area contributed by atoms with Crippen molar-refractivity contribution in [3.8, 4) is 11.5 Å². The minimum Gasteiger partial charge on any atom is -0.486 e. The molecule has 0 saturated heterocycles. The van der Waals surface area contributed by atoms with Crippen LogP contribution in [0.5, 0.6) is 11.5 Å². The van der Waals surface area contributed by atoms with Crippen molar-refractivity contribution in [2.75, 3.05) is 11.9 Å². The molecule has 0 spiro atoms. The molecule has 108 valence electrons. The van der Waals surface area contributed by atoms with Gasteiger partial charge < -0.3 is 14.8 Å². The predicted octanol–water partition coefficient (Wildman–Crippen LogP) is 3.62. The second kappa shape index (κ2) is 6.18. The number of benzene rings is 2. The van der Waals surface area contributed by atoms with Crippen molar-refractivity contribution in [3.05, 3.63) is 53.0 Å². The lowest BCUT2D eigenvalue weighted by molar-refractivity contribution is -0.118. The first-order valence-electron chi connectivity index (χ1n) is 6.64. The lowest BCUT2D eigenvalue weighted by atomic mass is 10.2. The maximum absolute atomic E-state index is 12.0. The van der Waals surface area contributed by atoms with E-state index in [1.807, 2.05) is 48.5 Å². The van der Waals surface area contributed by atoms with Crippen LogP contribution in [0.15, 0.2) is 53.0 Å². The number of rotatable bonds is 3. The van der Waals surface area contributed by atoms with Gasteiger partial charge in [-0.1, -0.05) is 28.1 Å². The molecule has 0 fully saturated rings. The zero-order chi connectivity index (χ0) is 14.7. The normalized spacial score (nSPS) is 16.3. The molecule has 1 N–H and O–H groups in total. The van der Waals surface area contributed by atoms with Crippen molar-refractivity contribution in [3.63, 3.8) is 0 Å². The van der Waals surface area contributed by atoms with E-state index in [0.717, 1.165) is 15.9 Å². The highest BCUT2D eigenvalue weighted by Gasteiger charge is 2.23. The topological polar surface area (TPSA) is 47.6 Å². The molecule has 0 radical (unpaired) electrons. The Morgan fingerprint density at radius 3 is 2.62 bits per heavy atom. The van der Waals surface area contributed by atoms with Crippen LogP contribution >= 0.6 is 15.9 Å². The van der Waals surface area contributed by atoms with Crippen LogP contribution in [-0.4, -0.2) is 18.6 Å². The molecule has 0 saturated carbocycles. The van der Waals surface area contributed by atoms with Crippen LogP contribution in [0.2, 0.25) is 0 Å². The molecule has 2 aromatic rings. The summed E-state index contributed by atoms with van der Waals surface area (Å²) in [5.74, 6) is 1.32. The molecule has 0 aliphatic carbocycles. The second-order valence-electron chi connectivity index (χ2n) is 4.76. The van der Waals surface area contributed by atoms with Gasteiger partial charge in [0.15, 0.2) is 11.5 Å². The molecule has 0 bridgehead atoms. The van der Waals surface area contributed by atoms with Crippen LogP contribution in [0.4, 0.5) is 5.69 Å². The second-order valence-corrected chi connectivity index (χ2v) is 5.67. The molecule has 4 nitrogen and oxygen atoms in total. The number of ether oxygens (including phenoxy) is 2. The first-order valence-corrected chi connectivity index (χ1v) is 7.44. The van der Waals surface area contributed by atoms with Crippen LogP contribution in [0.3, 0.4) is 0 Å². The summed E-state index contributed by atoms with van der Waals surface area (Å²) in [7, 11) is 0. The number of hydrogen-bond donors (Lipinski definition) is 1. The van der Waals surface area contributed by atoms with E-state index >= 15 is 0 Å². The molecule has 0 aromatic heterocycles. The van der Waals surface area contributed by atoms with Gasteiger partial charge in [-0.05, 0) is 36.4 Å². The molecule has 1 heterocycles. The molecule has 5 heteroatoms. The van der Waals surface area contributed by atoms with Crippen LogP contribution in [0.1, 0.15) is 6.42 Å². The van der Waals surface area contributed by atoms with E-state index in [4.69, 9.17) is 9.47 Å². The SMILES string of the molecule is O=C(C[C@@H]1COc2ccccc2O1)Nc1ccc(Br)cc1. The van der Waals surface area contributed by atoms with Gasteiger partial charge in [0.25, 0.3) is 0 Å². The third-order valence-electron chi connectivity index (χ3n) is 3.11. The number of hydrogen-bond acceptors (Lipinski definition) is 3. The third kappa shape index (κ3) is 3.55. The van der Waals surface area contributed by atoms with Gasteiger partial charge in [-0.3, -0.25) is 4.79 Å². The van der Waals surface area contributed by atoms with Crippen LogP contribution in [0, 0.1) is 0 Å². The summed E-state index contributed by atoms with van der Waals surface area (Å²) in [6.45, 7) is 0.380. The molecule has 1 aliphatic heterocycles. The van der Waals surface area contributed by atoms with E-state index in [9.17, 15) is 4.79 Å². The molecule has 3 rings (SSSR count). The average Bonchev–Trinajstić information content (AvgIpc) is 2.49. The fourth-order valence-corrected chi connectivity index (χ4v) is 2.38. The Hall–Kier alpha value is -2.01. The summed E-state index contributed by atoms with van der Waals surface area (Å²) in [5, 5.41) is 2.85. The summed E-state index contributed by atoms with van der Waals surface area (Å²) in [6, 6.07) is 14.9. The Morgan fingerprint density at radius 1 is 1.14 bits per heavy atom. The molecule has 1 atom stereocenters. The fourth-order valence-electron chi connectivity index (χ4n) is 2.12. The van der Waals surface area contributed by atoms with Gasteiger partial charge in [0, 0.05) is 10.2 Å². The molecule has 21 heavy (non-hydrogen) atoms. The number of carbonyl (C=O) groups is 1. The molecule has 0 unspecified atom stereocenters. The predicted molar refractivity (Wildman–Crippen MR) is 83.7 cm³/mol. The van der Waals surface area contributed by atoms with Crippen molar-refractivity contribution in [2.45, 2.75) is 12.5 Å². The highest BCUT2D eigenvalue weighted by molar-refractivity contribution is 9.10. The number of anilines is 1. The van der Waals surface area contributed by atoms with Crippen molar-refractivity contribution in [1.29, 1.82) is 0 Å². The molecular weight excluding hydrogens is 334 g/mol. The zero-order valence-corrected chi connectivity index (χ0v) is 12.8. The van der Waals surface area contributed by atoms with Crippen LogP contribution in [-0.2, 0) is 4.79 Å². The highest BCUT2D eigenvalue weighted by atomic mass is 79.9. The molecule has 1 amide bonds. The highest BCUT2D eigenvalue weighted by Crippen LogP contribution is 2.31. The lowest BCUT2D eigenvalue weighted by Gasteiger charge is -2.26. The number of amides is 1. The third-order valence-corrected chi connectivity index (χ3v) is 3.64. The van der Waals surface area contributed by atoms with Crippen molar-refractivity contribution < 1.29 is 14.3 Å². The van der Waals surface area contributed by atoms with E-state index in [0.29, 0.717) is 12.4 Å². The monoisotopic (exact) mass is 347 g/mol. The number of carbonyl (C=O) groups excluding carboxylic acids is 1. The molecule has 1 aliphatic rings. The Kier molecular flexibility index (Phi) is 4.10. The Labute approximate surface area is 131 Å². The first-order chi connectivity index (χ1) is 10.2. The van der Waals surface area contributed by atoms with Crippen molar-refractivity contribution >= 4 is 27.5 Å². The summed E-state index contributed by atoms with van der Waals surface area (Å²) < 4.78 is 12.3. The number of fused-ring (bicyclic) bond motifs is 1. The Balaban J connectivity index is 1.57. The maximum atomic E-state index is 12.0. The van der Waals surface area contributed by atoms with Crippen molar-refractivity contribution in [2.24, 2.45) is 0 Å². The van der Waals surface area contributed by atoms with E-state index in [2.05, 4.69) is 21.2 Å². The minimum atomic E-state index is -0.268. The van der Waals surface area contributed by atoms with Gasteiger partial charge in [-0.25, -0.2) is 0 Å².